The molecule has 0 saturated carbocycles. The number of rotatable bonds is 6. The Hall–Kier alpha value is -3.40. The predicted molar refractivity (Wildman–Crippen MR) is 109 cm³/mol. The minimum absolute atomic E-state index is 0.427. The van der Waals surface area contributed by atoms with E-state index in [1.807, 2.05) is 41.0 Å². The summed E-state index contributed by atoms with van der Waals surface area (Å²) in [5, 5.41) is 13.2. The first kappa shape index (κ1) is 20.3. The average molecular weight is 412 g/mol. The van der Waals surface area contributed by atoms with Gasteiger partial charge in [0.15, 0.2) is 11.0 Å². The summed E-state index contributed by atoms with van der Waals surface area (Å²) >= 11 is 1.20. The zero-order valence-corrected chi connectivity index (χ0v) is 16.9. The quantitative estimate of drug-likeness (QED) is 0.598. The highest BCUT2D eigenvalue weighted by Gasteiger charge is 2.22. The van der Waals surface area contributed by atoms with Gasteiger partial charge in [0.1, 0.15) is 5.75 Å². The molecule has 2 aromatic heterocycles. The van der Waals surface area contributed by atoms with Crippen molar-refractivity contribution in [1.29, 1.82) is 0 Å². The summed E-state index contributed by atoms with van der Waals surface area (Å²) in [6.07, 6.45) is 3.35. The molecule has 1 aromatic carbocycles. The summed E-state index contributed by atoms with van der Waals surface area (Å²) in [5.41, 5.74) is 1.64. The summed E-state index contributed by atoms with van der Waals surface area (Å²) in [4.78, 5) is 27.7. The van der Waals surface area contributed by atoms with Gasteiger partial charge in [-0.2, -0.15) is 0 Å². The third-order valence-electron chi connectivity index (χ3n) is 4.02. The van der Waals surface area contributed by atoms with E-state index in [9.17, 15) is 9.59 Å². The van der Waals surface area contributed by atoms with Gasteiger partial charge in [-0.3, -0.25) is 19.7 Å². The number of carbonyl (C=O) groups is 2. The van der Waals surface area contributed by atoms with Gasteiger partial charge in [0, 0.05) is 30.7 Å². The van der Waals surface area contributed by atoms with E-state index in [0.29, 0.717) is 11.0 Å². The first-order valence-corrected chi connectivity index (χ1v) is 9.61. The summed E-state index contributed by atoms with van der Waals surface area (Å²) in [7, 11) is 3.05. The number of carbonyl (C=O) groups excluding carboxylic acids is 2. The Morgan fingerprint density at radius 1 is 1.10 bits per heavy atom. The Balaban J connectivity index is 1.97. The van der Waals surface area contributed by atoms with Gasteiger partial charge in [-0.25, -0.2) is 4.79 Å². The highest BCUT2D eigenvalue weighted by atomic mass is 32.2. The Labute approximate surface area is 171 Å². The fourth-order valence-corrected chi connectivity index (χ4v) is 3.35. The molecular weight excluding hydrogens is 392 g/mol. The van der Waals surface area contributed by atoms with Crippen LogP contribution in [0.3, 0.4) is 0 Å². The molecule has 2 heterocycles. The molecular formula is C19H20N6O3S. The lowest BCUT2D eigenvalue weighted by atomic mass is 10.2. The second-order valence-corrected chi connectivity index (χ2v) is 7.21. The highest BCUT2D eigenvalue weighted by Crippen LogP contribution is 2.30. The molecule has 0 bridgehead atoms. The SMILES string of the molecule is CNC(=O)NC(=O)[C@H](C)Sc1nnc(-c2ccncc2)n1-c1ccc(OC)cc1. The van der Waals surface area contributed by atoms with Crippen LogP contribution in [-0.2, 0) is 4.79 Å². The van der Waals surface area contributed by atoms with E-state index >= 15 is 0 Å². The number of amides is 3. The van der Waals surface area contributed by atoms with Crippen LogP contribution in [0.1, 0.15) is 6.92 Å². The van der Waals surface area contributed by atoms with Crippen LogP contribution in [0.5, 0.6) is 5.75 Å². The van der Waals surface area contributed by atoms with E-state index in [1.54, 1.807) is 26.4 Å². The third-order valence-corrected chi connectivity index (χ3v) is 5.06. The lowest BCUT2D eigenvalue weighted by Gasteiger charge is -2.14. The molecule has 3 aromatic rings. The van der Waals surface area contributed by atoms with E-state index in [1.165, 1.54) is 18.8 Å². The number of benzene rings is 1. The first-order valence-electron chi connectivity index (χ1n) is 8.73. The highest BCUT2D eigenvalue weighted by molar-refractivity contribution is 8.00. The smallest absolute Gasteiger partial charge is 0.321 e. The van der Waals surface area contributed by atoms with Crippen LogP contribution in [-0.4, -0.2) is 51.1 Å². The second-order valence-electron chi connectivity index (χ2n) is 5.90. The molecule has 0 aliphatic carbocycles. The van der Waals surface area contributed by atoms with Crippen molar-refractivity contribution in [1.82, 2.24) is 30.4 Å². The summed E-state index contributed by atoms with van der Waals surface area (Å²) < 4.78 is 7.08. The number of hydrogen-bond donors (Lipinski definition) is 2. The zero-order chi connectivity index (χ0) is 20.8. The monoisotopic (exact) mass is 412 g/mol. The molecule has 1 atom stereocenters. The van der Waals surface area contributed by atoms with E-state index in [2.05, 4.69) is 25.8 Å². The minimum atomic E-state index is -0.571. The molecule has 10 heteroatoms. The van der Waals surface area contributed by atoms with Crippen LogP contribution in [0.25, 0.3) is 17.1 Å². The van der Waals surface area contributed by atoms with Gasteiger partial charge >= 0.3 is 6.03 Å². The summed E-state index contributed by atoms with van der Waals surface area (Å²) in [6.45, 7) is 1.70. The van der Waals surface area contributed by atoms with Crippen molar-refractivity contribution < 1.29 is 14.3 Å². The Bertz CT molecular complexity index is 991. The molecule has 29 heavy (non-hydrogen) atoms. The fourth-order valence-electron chi connectivity index (χ4n) is 2.49. The molecule has 0 saturated heterocycles. The third kappa shape index (κ3) is 4.72. The van der Waals surface area contributed by atoms with Gasteiger partial charge in [0.2, 0.25) is 5.91 Å². The Kier molecular flexibility index (Phi) is 6.45. The molecule has 3 rings (SSSR count). The Morgan fingerprint density at radius 3 is 2.41 bits per heavy atom. The van der Waals surface area contributed by atoms with Crippen molar-refractivity contribution in [3.63, 3.8) is 0 Å². The van der Waals surface area contributed by atoms with Crippen molar-refractivity contribution >= 4 is 23.7 Å². The maximum absolute atomic E-state index is 12.2. The lowest BCUT2D eigenvalue weighted by molar-refractivity contribution is -0.119. The fraction of sp³-hybridized carbons (Fsp3) is 0.211. The van der Waals surface area contributed by atoms with Gasteiger partial charge in [0.05, 0.1) is 12.4 Å². The van der Waals surface area contributed by atoms with Crippen molar-refractivity contribution in [3.05, 3.63) is 48.8 Å². The maximum atomic E-state index is 12.2. The van der Waals surface area contributed by atoms with Crippen LogP contribution in [0.2, 0.25) is 0 Å². The minimum Gasteiger partial charge on any atom is -0.497 e. The molecule has 0 aliphatic rings. The van der Waals surface area contributed by atoms with Crippen LogP contribution >= 0.6 is 11.8 Å². The number of thioether (sulfide) groups is 1. The van der Waals surface area contributed by atoms with Crippen LogP contribution in [0.15, 0.2) is 53.9 Å². The molecule has 150 valence electrons. The molecule has 0 aliphatic heterocycles. The van der Waals surface area contributed by atoms with Gasteiger partial charge in [-0.1, -0.05) is 11.8 Å². The maximum Gasteiger partial charge on any atom is 0.321 e. The molecule has 0 unspecified atom stereocenters. The standard InChI is InChI=1S/C19H20N6O3S/c1-12(17(26)22-18(27)20-2)29-19-24-23-16(13-8-10-21-11-9-13)25(19)14-4-6-15(28-3)7-5-14/h4-12H,1-3H3,(H2,20,22,26,27)/t12-/m0/s1. The molecule has 3 amide bonds. The normalized spacial score (nSPS) is 11.6. The van der Waals surface area contributed by atoms with Crippen LogP contribution < -0.4 is 15.4 Å². The number of hydrogen-bond acceptors (Lipinski definition) is 7. The number of nitrogens with zero attached hydrogens (tertiary/aromatic N) is 4. The van der Waals surface area contributed by atoms with E-state index in [-0.39, 0.29) is 0 Å². The number of aromatic nitrogens is 4. The van der Waals surface area contributed by atoms with Gasteiger partial charge in [-0.05, 0) is 43.3 Å². The first-order chi connectivity index (χ1) is 14.0. The largest absolute Gasteiger partial charge is 0.497 e. The number of nitrogens with one attached hydrogen (secondary N) is 2. The van der Waals surface area contributed by atoms with E-state index in [0.717, 1.165) is 17.0 Å². The van der Waals surface area contributed by atoms with Crippen molar-refractivity contribution in [2.75, 3.05) is 14.2 Å². The summed E-state index contributed by atoms with van der Waals surface area (Å²) in [6, 6.07) is 10.5. The molecule has 2 N–H and O–H groups in total. The second kappa shape index (κ2) is 9.20. The molecule has 0 radical (unpaired) electrons. The topological polar surface area (TPSA) is 111 Å². The van der Waals surface area contributed by atoms with Gasteiger partial charge in [0.25, 0.3) is 0 Å². The molecule has 9 nitrogen and oxygen atoms in total. The Morgan fingerprint density at radius 2 is 1.79 bits per heavy atom. The van der Waals surface area contributed by atoms with Gasteiger partial charge < -0.3 is 10.1 Å². The van der Waals surface area contributed by atoms with E-state index in [4.69, 9.17) is 4.74 Å². The summed E-state index contributed by atoms with van der Waals surface area (Å²) in [5.74, 6) is 0.905. The number of imide groups is 1. The van der Waals surface area contributed by atoms with Crippen LogP contribution in [0.4, 0.5) is 4.79 Å². The zero-order valence-electron chi connectivity index (χ0n) is 16.1. The van der Waals surface area contributed by atoms with Gasteiger partial charge in [-0.15, -0.1) is 10.2 Å². The number of ether oxygens (including phenoxy) is 1. The van der Waals surface area contributed by atoms with Crippen LogP contribution in [0, 0.1) is 0 Å². The molecule has 0 spiro atoms. The lowest BCUT2D eigenvalue weighted by Crippen LogP contribution is -2.41. The van der Waals surface area contributed by atoms with Crippen molar-refractivity contribution in [2.45, 2.75) is 17.3 Å². The van der Waals surface area contributed by atoms with Crippen molar-refractivity contribution in [2.24, 2.45) is 0 Å². The van der Waals surface area contributed by atoms with Crippen molar-refractivity contribution in [3.8, 4) is 22.8 Å². The number of pyridine rings is 1. The molecule has 0 fully saturated rings. The van der Waals surface area contributed by atoms with E-state index < -0.39 is 17.2 Å². The number of urea groups is 1. The average Bonchev–Trinajstić information content (AvgIpc) is 3.17. The predicted octanol–water partition coefficient (Wildman–Crippen LogP) is 2.27. The number of methoxy groups -OCH3 is 1.